The summed E-state index contributed by atoms with van der Waals surface area (Å²) < 4.78 is 0. The summed E-state index contributed by atoms with van der Waals surface area (Å²) in [5.41, 5.74) is 8.59. The van der Waals surface area contributed by atoms with Gasteiger partial charge in [-0.1, -0.05) is 112 Å². The fourth-order valence-corrected chi connectivity index (χ4v) is 4.96. The van der Waals surface area contributed by atoms with Gasteiger partial charge < -0.3 is 0 Å². The van der Waals surface area contributed by atoms with Gasteiger partial charge in [0.1, 0.15) is 0 Å². The second-order valence-corrected chi connectivity index (χ2v) is 9.53. The molecule has 0 nitrogen and oxygen atoms in total. The van der Waals surface area contributed by atoms with Crippen LogP contribution in [0.3, 0.4) is 0 Å². The Balaban J connectivity index is 1.61. The maximum absolute atomic E-state index is 2.43. The summed E-state index contributed by atoms with van der Waals surface area (Å²) in [5, 5.41) is 0. The van der Waals surface area contributed by atoms with Crippen LogP contribution in [0, 0.1) is 19.8 Å². The SMILES string of the molecule is Cc1ccc(C2C(C)C2(C)c2ccc(C(C)(C)c3ccc(C)cc3)cc2)cc1. The lowest BCUT2D eigenvalue weighted by Gasteiger charge is -2.27. The van der Waals surface area contributed by atoms with Gasteiger partial charge in [-0.05, 0) is 47.9 Å². The van der Waals surface area contributed by atoms with Gasteiger partial charge in [0.25, 0.3) is 0 Å². The molecule has 0 radical (unpaired) electrons. The standard InChI is InChI=1S/C28H32/c1-19-7-11-22(12-8-19)26-21(3)28(26,6)25-17-15-24(16-18-25)27(4,5)23-13-9-20(2)10-14-23/h7-18,21,26H,1-6H3. The third kappa shape index (κ3) is 3.00. The first-order valence-electron chi connectivity index (χ1n) is 10.5. The lowest BCUT2D eigenvalue weighted by atomic mass is 9.77. The van der Waals surface area contributed by atoms with Gasteiger partial charge in [0.15, 0.2) is 0 Å². The van der Waals surface area contributed by atoms with Crippen molar-refractivity contribution in [3.8, 4) is 0 Å². The fourth-order valence-electron chi connectivity index (χ4n) is 4.96. The van der Waals surface area contributed by atoms with E-state index in [0.717, 1.165) is 0 Å². The van der Waals surface area contributed by atoms with Gasteiger partial charge >= 0.3 is 0 Å². The zero-order chi connectivity index (χ0) is 20.1. The van der Waals surface area contributed by atoms with Gasteiger partial charge in [0.2, 0.25) is 0 Å². The molecule has 0 heterocycles. The minimum absolute atomic E-state index is 0.0126. The monoisotopic (exact) mass is 368 g/mol. The van der Waals surface area contributed by atoms with E-state index in [1.165, 1.54) is 33.4 Å². The lowest BCUT2D eigenvalue weighted by Crippen LogP contribution is -2.19. The summed E-state index contributed by atoms with van der Waals surface area (Å²) in [7, 11) is 0. The molecule has 0 amide bonds. The van der Waals surface area contributed by atoms with Crippen molar-refractivity contribution in [2.75, 3.05) is 0 Å². The zero-order valence-corrected chi connectivity index (χ0v) is 18.1. The van der Waals surface area contributed by atoms with Crippen molar-refractivity contribution >= 4 is 0 Å². The number of hydrogen-bond donors (Lipinski definition) is 0. The van der Waals surface area contributed by atoms with E-state index < -0.39 is 0 Å². The molecule has 0 saturated heterocycles. The minimum Gasteiger partial charge on any atom is -0.0610 e. The topological polar surface area (TPSA) is 0 Å². The second-order valence-electron chi connectivity index (χ2n) is 9.53. The molecule has 0 bridgehead atoms. The fraction of sp³-hybridized carbons (Fsp3) is 0.357. The average molecular weight is 369 g/mol. The second kappa shape index (κ2) is 6.62. The van der Waals surface area contributed by atoms with E-state index in [0.29, 0.717) is 11.8 Å². The van der Waals surface area contributed by atoms with Gasteiger partial charge in [-0.3, -0.25) is 0 Å². The molecule has 0 aliphatic heterocycles. The lowest BCUT2D eigenvalue weighted by molar-refractivity contribution is 0.637. The van der Waals surface area contributed by atoms with Crippen LogP contribution in [0.4, 0.5) is 0 Å². The van der Waals surface area contributed by atoms with E-state index in [9.17, 15) is 0 Å². The predicted molar refractivity (Wildman–Crippen MR) is 120 cm³/mol. The Morgan fingerprint density at radius 2 is 1.11 bits per heavy atom. The Morgan fingerprint density at radius 1 is 0.679 bits per heavy atom. The van der Waals surface area contributed by atoms with Crippen molar-refractivity contribution in [2.24, 2.45) is 5.92 Å². The van der Waals surface area contributed by atoms with E-state index in [2.05, 4.69) is 114 Å². The average Bonchev–Trinajstić information content (AvgIpc) is 3.25. The normalized spacial score (nSPS) is 24.2. The van der Waals surface area contributed by atoms with E-state index >= 15 is 0 Å². The van der Waals surface area contributed by atoms with Crippen LogP contribution in [0.2, 0.25) is 0 Å². The Hall–Kier alpha value is -2.34. The van der Waals surface area contributed by atoms with Crippen LogP contribution < -0.4 is 0 Å². The van der Waals surface area contributed by atoms with Crippen molar-refractivity contribution < 1.29 is 0 Å². The minimum atomic E-state index is 0.0126. The zero-order valence-electron chi connectivity index (χ0n) is 18.1. The van der Waals surface area contributed by atoms with Crippen LogP contribution in [0.15, 0.2) is 72.8 Å². The van der Waals surface area contributed by atoms with Crippen LogP contribution in [0.1, 0.15) is 67.0 Å². The molecule has 3 unspecified atom stereocenters. The quantitative estimate of drug-likeness (QED) is 0.452. The van der Waals surface area contributed by atoms with Crippen LogP contribution >= 0.6 is 0 Å². The Morgan fingerprint density at radius 3 is 1.61 bits per heavy atom. The first-order valence-corrected chi connectivity index (χ1v) is 10.5. The molecule has 28 heavy (non-hydrogen) atoms. The van der Waals surface area contributed by atoms with Crippen molar-refractivity contribution in [1.29, 1.82) is 0 Å². The predicted octanol–water partition coefficient (Wildman–Crippen LogP) is 7.32. The summed E-state index contributed by atoms with van der Waals surface area (Å²) in [6, 6.07) is 27.5. The highest BCUT2D eigenvalue weighted by Crippen LogP contribution is 2.65. The van der Waals surface area contributed by atoms with Gasteiger partial charge in [0, 0.05) is 10.8 Å². The molecule has 3 aromatic rings. The molecule has 1 fully saturated rings. The number of aryl methyl sites for hydroxylation is 2. The third-order valence-electron chi connectivity index (χ3n) is 7.42. The molecule has 0 heteroatoms. The van der Waals surface area contributed by atoms with Gasteiger partial charge in [-0.2, -0.15) is 0 Å². The Bertz CT molecular complexity index is 958. The highest BCUT2D eigenvalue weighted by Gasteiger charge is 2.59. The van der Waals surface area contributed by atoms with E-state index in [1.807, 2.05) is 0 Å². The van der Waals surface area contributed by atoms with Gasteiger partial charge in [0.05, 0.1) is 0 Å². The van der Waals surface area contributed by atoms with Crippen molar-refractivity contribution in [3.63, 3.8) is 0 Å². The van der Waals surface area contributed by atoms with Crippen LogP contribution in [-0.4, -0.2) is 0 Å². The molecule has 3 atom stereocenters. The number of rotatable bonds is 4. The molecule has 0 N–H and O–H groups in total. The Kier molecular flexibility index (Phi) is 4.49. The maximum atomic E-state index is 2.43. The molecule has 1 aliphatic carbocycles. The molecule has 3 aromatic carbocycles. The molecular formula is C28H32. The van der Waals surface area contributed by atoms with Crippen molar-refractivity contribution in [1.82, 2.24) is 0 Å². The third-order valence-corrected chi connectivity index (χ3v) is 7.42. The molecule has 0 aromatic heterocycles. The first-order chi connectivity index (χ1) is 13.2. The van der Waals surface area contributed by atoms with Gasteiger partial charge in [-0.15, -0.1) is 0 Å². The molecular weight excluding hydrogens is 336 g/mol. The maximum Gasteiger partial charge on any atom is 0.0146 e. The summed E-state index contributed by atoms with van der Waals surface area (Å²) in [5.74, 6) is 1.29. The van der Waals surface area contributed by atoms with E-state index in [-0.39, 0.29) is 10.8 Å². The summed E-state index contributed by atoms with van der Waals surface area (Å²) in [6.07, 6.45) is 0. The number of benzene rings is 3. The van der Waals surface area contributed by atoms with Crippen LogP contribution in [-0.2, 0) is 10.8 Å². The molecule has 1 aliphatic rings. The molecule has 4 rings (SSSR count). The molecule has 1 saturated carbocycles. The molecule has 144 valence electrons. The van der Waals surface area contributed by atoms with E-state index in [1.54, 1.807) is 0 Å². The number of hydrogen-bond acceptors (Lipinski definition) is 0. The van der Waals surface area contributed by atoms with E-state index in [4.69, 9.17) is 0 Å². The Labute approximate surface area is 170 Å². The van der Waals surface area contributed by atoms with Crippen LogP contribution in [0.25, 0.3) is 0 Å². The summed E-state index contributed by atoms with van der Waals surface area (Å²) >= 11 is 0. The largest absolute Gasteiger partial charge is 0.0610 e. The van der Waals surface area contributed by atoms with Crippen LogP contribution in [0.5, 0.6) is 0 Å². The summed E-state index contributed by atoms with van der Waals surface area (Å²) in [4.78, 5) is 0. The highest BCUT2D eigenvalue weighted by molar-refractivity contribution is 5.47. The highest BCUT2D eigenvalue weighted by atomic mass is 14.6. The van der Waals surface area contributed by atoms with Crippen molar-refractivity contribution in [2.45, 2.75) is 58.3 Å². The smallest absolute Gasteiger partial charge is 0.0146 e. The molecule has 0 spiro atoms. The summed E-state index contributed by atoms with van der Waals surface area (Å²) in [6.45, 7) is 13.8. The van der Waals surface area contributed by atoms with Crippen molar-refractivity contribution in [3.05, 3.63) is 106 Å². The first kappa shape index (κ1) is 19.0. The van der Waals surface area contributed by atoms with Gasteiger partial charge in [-0.25, -0.2) is 0 Å².